The molecule has 1 atom stereocenters. The predicted molar refractivity (Wildman–Crippen MR) is 116 cm³/mol. The molecule has 154 valence electrons. The highest BCUT2D eigenvalue weighted by Crippen LogP contribution is 2.25. The molecule has 2 aromatic rings. The van der Waals surface area contributed by atoms with E-state index in [9.17, 15) is 4.79 Å². The summed E-state index contributed by atoms with van der Waals surface area (Å²) in [5, 5.41) is 0.633. The second-order valence-corrected chi connectivity index (χ2v) is 8.41. The zero-order valence-electron chi connectivity index (χ0n) is 16.9. The number of ether oxygens (including phenoxy) is 1. The number of likely N-dealkylation sites (tertiary alicyclic amines) is 1. The molecule has 5 nitrogen and oxygen atoms in total. The van der Waals surface area contributed by atoms with Gasteiger partial charge in [-0.25, -0.2) is 0 Å². The van der Waals surface area contributed by atoms with Crippen LogP contribution in [-0.4, -0.2) is 73.0 Å². The lowest BCUT2D eigenvalue weighted by Crippen LogP contribution is -2.55. The molecule has 2 saturated heterocycles. The smallest absolute Gasteiger partial charge is 0.253 e. The number of carbonyl (C=O) groups excluding carboxylic acids is 1. The Balaban J connectivity index is 1.32. The molecule has 2 fully saturated rings. The summed E-state index contributed by atoms with van der Waals surface area (Å²) in [5.74, 6) is 1.47. The molecule has 0 saturated carbocycles. The summed E-state index contributed by atoms with van der Waals surface area (Å²) in [4.78, 5) is 19.8. The first kappa shape index (κ1) is 20.2. The molecule has 4 rings (SSSR count). The Hall–Kier alpha value is -2.08. The Bertz CT molecular complexity index is 834. The van der Waals surface area contributed by atoms with Crippen molar-refractivity contribution in [3.8, 4) is 11.5 Å². The minimum absolute atomic E-state index is 0.0970. The van der Waals surface area contributed by atoms with Crippen molar-refractivity contribution in [2.45, 2.75) is 18.9 Å². The summed E-state index contributed by atoms with van der Waals surface area (Å²) in [6.07, 6.45) is 2.54. The van der Waals surface area contributed by atoms with Gasteiger partial charge in [-0.15, -0.1) is 0 Å². The van der Waals surface area contributed by atoms with Gasteiger partial charge in [0.1, 0.15) is 11.5 Å². The van der Waals surface area contributed by atoms with Crippen LogP contribution in [0.4, 0.5) is 0 Å². The highest BCUT2D eigenvalue weighted by molar-refractivity contribution is 6.30. The number of halogens is 1. The van der Waals surface area contributed by atoms with Crippen LogP contribution in [0.25, 0.3) is 0 Å². The molecular formula is C23H28ClN3O2. The Morgan fingerprint density at radius 3 is 2.45 bits per heavy atom. The topological polar surface area (TPSA) is 36.0 Å². The van der Waals surface area contributed by atoms with E-state index in [4.69, 9.17) is 16.3 Å². The van der Waals surface area contributed by atoms with E-state index >= 15 is 0 Å². The standard InChI is InChI=1S/C23H28ClN3O2/c1-25-11-3-5-20(17-25)26-12-14-27(15-13-26)23(28)18-7-9-21(10-8-18)29-22-6-2-4-19(24)16-22/h2,4,6-10,16,20H,3,5,11-15,17H2,1H3. The zero-order chi connectivity index (χ0) is 20.2. The van der Waals surface area contributed by atoms with Crippen LogP contribution in [0.15, 0.2) is 48.5 Å². The quantitative estimate of drug-likeness (QED) is 0.759. The van der Waals surface area contributed by atoms with Gasteiger partial charge < -0.3 is 14.5 Å². The number of piperazine rings is 1. The van der Waals surface area contributed by atoms with E-state index in [2.05, 4.69) is 16.8 Å². The third-order valence-electron chi connectivity index (χ3n) is 5.85. The zero-order valence-corrected chi connectivity index (χ0v) is 17.6. The average molecular weight is 414 g/mol. The molecule has 2 aliphatic rings. The van der Waals surface area contributed by atoms with Gasteiger partial charge in [-0.05, 0) is 68.9 Å². The van der Waals surface area contributed by atoms with E-state index in [1.807, 2.05) is 47.4 Å². The van der Waals surface area contributed by atoms with Crippen LogP contribution < -0.4 is 4.74 Å². The predicted octanol–water partition coefficient (Wildman–Crippen LogP) is 3.98. The molecule has 0 spiro atoms. The van der Waals surface area contributed by atoms with Crippen molar-refractivity contribution in [1.29, 1.82) is 0 Å². The highest BCUT2D eigenvalue weighted by Gasteiger charge is 2.28. The number of hydrogen-bond donors (Lipinski definition) is 0. The van der Waals surface area contributed by atoms with Crippen LogP contribution in [0, 0.1) is 0 Å². The van der Waals surface area contributed by atoms with Gasteiger partial charge in [0.15, 0.2) is 0 Å². The lowest BCUT2D eigenvalue weighted by atomic mass is 10.0. The van der Waals surface area contributed by atoms with Gasteiger partial charge in [0, 0.05) is 49.4 Å². The molecule has 0 aromatic heterocycles. The lowest BCUT2D eigenvalue weighted by molar-refractivity contribution is 0.0452. The Kier molecular flexibility index (Phi) is 6.38. The van der Waals surface area contributed by atoms with E-state index in [1.165, 1.54) is 19.4 Å². The molecule has 1 amide bonds. The molecule has 0 N–H and O–H groups in total. The fraction of sp³-hybridized carbons (Fsp3) is 0.435. The number of piperidine rings is 1. The number of carbonyl (C=O) groups is 1. The van der Waals surface area contributed by atoms with Gasteiger partial charge in [0.05, 0.1) is 0 Å². The molecular weight excluding hydrogens is 386 g/mol. The van der Waals surface area contributed by atoms with Crippen LogP contribution in [0.3, 0.4) is 0 Å². The highest BCUT2D eigenvalue weighted by atomic mass is 35.5. The number of hydrogen-bond acceptors (Lipinski definition) is 4. The van der Waals surface area contributed by atoms with Gasteiger partial charge >= 0.3 is 0 Å². The minimum atomic E-state index is 0.0970. The van der Waals surface area contributed by atoms with E-state index in [0.717, 1.165) is 32.7 Å². The summed E-state index contributed by atoms with van der Waals surface area (Å²) >= 11 is 5.99. The average Bonchev–Trinajstić information content (AvgIpc) is 2.74. The first-order chi connectivity index (χ1) is 14.1. The van der Waals surface area contributed by atoms with Crippen molar-refractivity contribution in [2.24, 2.45) is 0 Å². The second kappa shape index (κ2) is 9.16. The first-order valence-corrected chi connectivity index (χ1v) is 10.7. The molecule has 2 aliphatic heterocycles. The Morgan fingerprint density at radius 1 is 1.00 bits per heavy atom. The van der Waals surface area contributed by atoms with Crippen LogP contribution in [0.2, 0.25) is 5.02 Å². The van der Waals surface area contributed by atoms with E-state index in [-0.39, 0.29) is 5.91 Å². The Morgan fingerprint density at radius 2 is 1.76 bits per heavy atom. The third-order valence-corrected chi connectivity index (χ3v) is 6.09. The minimum Gasteiger partial charge on any atom is -0.457 e. The fourth-order valence-electron chi connectivity index (χ4n) is 4.24. The maximum Gasteiger partial charge on any atom is 0.253 e. The maximum absolute atomic E-state index is 12.9. The summed E-state index contributed by atoms with van der Waals surface area (Å²) in [7, 11) is 2.20. The lowest BCUT2D eigenvalue weighted by Gasteiger charge is -2.42. The van der Waals surface area contributed by atoms with Crippen molar-refractivity contribution < 1.29 is 9.53 Å². The van der Waals surface area contributed by atoms with Gasteiger partial charge in [0.2, 0.25) is 0 Å². The van der Waals surface area contributed by atoms with Crippen LogP contribution >= 0.6 is 11.6 Å². The largest absolute Gasteiger partial charge is 0.457 e. The second-order valence-electron chi connectivity index (χ2n) is 7.97. The number of benzene rings is 2. The van der Waals surface area contributed by atoms with E-state index < -0.39 is 0 Å². The molecule has 0 radical (unpaired) electrons. The van der Waals surface area contributed by atoms with Crippen molar-refractivity contribution >= 4 is 17.5 Å². The first-order valence-electron chi connectivity index (χ1n) is 10.3. The summed E-state index contributed by atoms with van der Waals surface area (Å²) < 4.78 is 5.81. The number of nitrogens with zero attached hydrogens (tertiary/aromatic N) is 3. The fourth-order valence-corrected chi connectivity index (χ4v) is 4.42. The van der Waals surface area contributed by atoms with Gasteiger partial charge in [0.25, 0.3) is 5.91 Å². The van der Waals surface area contributed by atoms with Crippen molar-refractivity contribution in [1.82, 2.24) is 14.7 Å². The van der Waals surface area contributed by atoms with Crippen molar-refractivity contribution in [3.05, 3.63) is 59.1 Å². The Labute approximate surface area is 177 Å². The monoisotopic (exact) mass is 413 g/mol. The van der Waals surface area contributed by atoms with Gasteiger partial charge in [-0.1, -0.05) is 17.7 Å². The number of likely N-dealkylation sites (N-methyl/N-ethyl adjacent to an activating group) is 1. The number of rotatable bonds is 4. The summed E-state index contributed by atoms with van der Waals surface area (Å²) in [5.41, 5.74) is 0.703. The van der Waals surface area contributed by atoms with Crippen LogP contribution in [0.5, 0.6) is 11.5 Å². The summed E-state index contributed by atoms with van der Waals surface area (Å²) in [6, 6.07) is 15.3. The van der Waals surface area contributed by atoms with E-state index in [1.54, 1.807) is 6.07 Å². The van der Waals surface area contributed by atoms with Crippen LogP contribution in [-0.2, 0) is 0 Å². The van der Waals surface area contributed by atoms with E-state index in [0.29, 0.717) is 28.1 Å². The molecule has 2 heterocycles. The normalized spacial score (nSPS) is 21.2. The molecule has 2 aromatic carbocycles. The maximum atomic E-state index is 12.9. The third kappa shape index (κ3) is 5.10. The van der Waals surface area contributed by atoms with Gasteiger partial charge in [-0.2, -0.15) is 0 Å². The van der Waals surface area contributed by atoms with Crippen LogP contribution in [0.1, 0.15) is 23.2 Å². The molecule has 0 aliphatic carbocycles. The summed E-state index contributed by atoms with van der Waals surface area (Å²) in [6.45, 7) is 5.84. The number of amides is 1. The molecule has 1 unspecified atom stereocenters. The molecule has 6 heteroatoms. The molecule has 0 bridgehead atoms. The van der Waals surface area contributed by atoms with Crippen molar-refractivity contribution in [3.63, 3.8) is 0 Å². The van der Waals surface area contributed by atoms with Gasteiger partial charge in [-0.3, -0.25) is 9.69 Å². The molecule has 29 heavy (non-hydrogen) atoms. The SMILES string of the molecule is CN1CCCC(N2CCN(C(=O)c3ccc(Oc4cccc(Cl)c4)cc3)CC2)C1. The van der Waals surface area contributed by atoms with Crippen molar-refractivity contribution in [2.75, 3.05) is 46.3 Å².